The van der Waals surface area contributed by atoms with Gasteiger partial charge in [-0.1, -0.05) is 49.1 Å². The first kappa shape index (κ1) is 26.5. The number of rotatable bonds is 9. The molecule has 0 atom stereocenters. The molecule has 0 aliphatic heterocycles. The molecular formula is C28H33ClN4O4. The van der Waals surface area contributed by atoms with Gasteiger partial charge in [0.15, 0.2) is 0 Å². The number of anilines is 2. The molecule has 196 valence electrons. The Hall–Kier alpha value is -3.52. The zero-order valence-electron chi connectivity index (χ0n) is 21.5. The largest absolute Gasteiger partial charge is 0.492 e. The molecule has 0 bridgehead atoms. The van der Waals surface area contributed by atoms with Crippen molar-refractivity contribution in [3.8, 4) is 17.2 Å². The summed E-state index contributed by atoms with van der Waals surface area (Å²) >= 11 is 6.60. The highest BCUT2D eigenvalue weighted by atomic mass is 35.5. The second kappa shape index (κ2) is 12.1. The summed E-state index contributed by atoms with van der Waals surface area (Å²) in [6.07, 6.45) is 5.07. The number of nitrogens with one attached hydrogen (secondary N) is 2. The summed E-state index contributed by atoms with van der Waals surface area (Å²) in [6.45, 7) is 6.22. The maximum atomic E-state index is 13.4. The summed E-state index contributed by atoms with van der Waals surface area (Å²) in [5.41, 5.74) is 2.44. The lowest BCUT2D eigenvalue weighted by atomic mass is 9.88. The van der Waals surface area contributed by atoms with Crippen molar-refractivity contribution in [1.82, 2.24) is 9.78 Å². The molecule has 0 radical (unpaired) electrons. The third-order valence-corrected chi connectivity index (χ3v) is 6.74. The Labute approximate surface area is 222 Å². The molecule has 2 amide bonds. The van der Waals surface area contributed by atoms with E-state index in [-0.39, 0.29) is 22.5 Å². The maximum absolute atomic E-state index is 13.4. The van der Waals surface area contributed by atoms with Crippen molar-refractivity contribution in [2.75, 3.05) is 23.8 Å². The second-order valence-electron chi connectivity index (χ2n) is 8.99. The van der Waals surface area contributed by atoms with Crippen LogP contribution in [0.25, 0.3) is 5.69 Å². The van der Waals surface area contributed by atoms with Gasteiger partial charge in [-0.05, 0) is 45.7 Å². The fourth-order valence-corrected chi connectivity index (χ4v) is 4.94. The SMILES string of the molecule is CCOc1cc(NC(=O)C2CCCCC2)c(OCC)cc1NC(=O)c1c(C)nn(-c2ccccc2)c1Cl. The minimum absolute atomic E-state index is 0.00980. The molecule has 2 N–H and O–H groups in total. The van der Waals surface area contributed by atoms with E-state index in [1.165, 1.54) is 11.1 Å². The van der Waals surface area contributed by atoms with Gasteiger partial charge in [0.2, 0.25) is 5.91 Å². The van der Waals surface area contributed by atoms with E-state index in [2.05, 4.69) is 15.7 Å². The molecule has 1 fully saturated rings. The van der Waals surface area contributed by atoms with Crippen LogP contribution in [-0.4, -0.2) is 34.8 Å². The van der Waals surface area contributed by atoms with Crippen LogP contribution < -0.4 is 20.1 Å². The number of hydrogen-bond donors (Lipinski definition) is 2. The summed E-state index contributed by atoms with van der Waals surface area (Å²) in [4.78, 5) is 26.3. The van der Waals surface area contributed by atoms with Gasteiger partial charge in [-0.3, -0.25) is 9.59 Å². The fraction of sp³-hybridized carbons (Fsp3) is 0.393. The van der Waals surface area contributed by atoms with Crippen LogP contribution in [0.4, 0.5) is 11.4 Å². The number of para-hydroxylation sites is 1. The van der Waals surface area contributed by atoms with Crippen LogP contribution in [0.5, 0.6) is 11.5 Å². The zero-order valence-corrected chi connectivity index (χ0v) is 22.2. The van der Waals surface area contributed by atoms with Gasteiger partial charge in [0.1, 0.15) is 22.2 Å². The third kappa shape index (κ3) is 6.07. The Kier molecular flexibility index (Phi) is 8.71. The van der Waals surface area contributed by atoms with Gasteiger partial charge >= 0.3 is 0 Å². The van der Waals surface area contributed by atoms with E-state index < -0.39 is 5.91 Å². The van der Waals surface area contributed by atoms with Gasteiger partial charge in [0, 0.05) is 18.1 Å². The average Bonchev–Trinajstić information content (AvgIpc) is 3.21. The molecule has 0 spiro atoms. The summed E-state index contributed by atoms with van der Waals surface area (Å²) < 4.78 is 13.2. The topological polar surface area (TPSA) is 94.5 Å². The van der Waals surface area contributed by atoms with Gasteiger partial charge in [-0.15, -0.1) is 0 Å². The number of nitrogens with zero attached hydrogens (tertiary/aromatic N) is 2. The number of halogens is 1. The third-order valence-electron chi connectivity index (χ3n) is 6.40. The first-order valence-electron chi connectivity index (χ1n) is 12.8. The monoisotopic (exact) mass is 524 g/mol. The van der Waals surface area contributed by atoms with E-state index in [4.69, 9.17) is 21.1 Å². The zero-order chi connectivity index (χ0) is 26.4. The van der Waals surface area contributed by atoms with Crippen LogP contribution in [-0.2, 0) is 4.79 Å². The van der Waals surface area contributed by atoms with Crippen LogP contribution >= 0.6 is 11.6 Å². The van der Waals surface area contributed by atoms with Crippen LogP contribution in [0.2, 0.25) is 5.15 Å². The van der Waals surface area contributed by atoms with Crippen molar-refractivity contribution in [1.29, 1.82) is 0 Å². The minimum atomic E-state index is -0.424. The molecule has 1 aliphatic carbocycles. The van der Waals surface area contributed by atoms with E-state index in [0.717, 1.165) is 31.4 Å². The number of hydrogen-bond acceptors (Lipinski definition) is 5. The lowest BCUT2D eigenvalue weighted by molar-refractivity contribution is -0.120. The highest BCUT2D eigenvalue weighted by Gasteiger charge is 2.25. The number of amides is 2. The van der Waals surface area contributed by atoms with Gasteiger partial charge in [-0.2, -0.15) is 5.10 Å². The van der Waals surface area contributed by atoms with Crippen molar-refractivity contribution in [3.05, 3.63) is 58.9 Å². The first-order chi connectivity index (χ1) is 17.9. The van der Waals surface area contributed by atoms with Crippen LogP contribution in [0.15, 0.2) is 42.5 Å². The Morgan fingerprint density at radius 2 is 1.57 bits per heavy atom. The minimum Gasteiger partial charge on any atom is -0.492 e. The summed E-state index contributed by atoms with van der Waals surface area (Å²) in [7, 11) is 0. The Morgan fingerprint density at radius 1 is 0.973 bits per heavy atom. The average molecular weight is 525 g/mol. The normalized spacial score (nSPS) is 13.7. The smallest absolute Gasteiger partial charge is 0.260 e. The van der Waals surface area contributed by atoms with Crippen molar-refractivity contribution >= 4 is 34.8 Å². The number of aromatic nitrogens is 2. The second-order valence-corrected chi connectivity index (χ2v) is 9.35. The molecule has 4 rings (SSSR count). The van der Waals surface area contributed by atoms with E-state index >= 15 is 0 Å². The Balaban J connectivity index is 1.63. The number of carbonyl (C=O) groups excluding carboxylic acids is 2. The van der Waals surface area contributed by atoms with Crippen molar-refractivity contribution in [2.24, 2.45) is 5.92 Å². The number of ether oxygens (including phenoxy) is 2. The molecule has 0 saturated heterocycles. The molecule has 9 heteroatoms. The summed E-state index contributed by atoms with van der Waals surface area (Å²) in [5.74, 6) is 0.419. The first-order valence-corrected chi connectivity index (χ1v) is 13.2. The molecule has 8 nitrogen and oxygen atoms in total. The predicted octanol–water partition coefficient (Wildman–Crippen LogP) is 6.40. The molecule has 2 aromatic carbocycles. The van der Waals surface area contributed by atoms with E-state index in [1.54, 1.807) is 19.1 Å². The molecule has 1 aliphatic rings. The van der Waals surface area contributed by atoms with Crippen LogP contribution in [0, 0.1) is 12.8 Å². The molecule has 1 saturated carbocycles. The summed E-state index contributed by atoms with van der Waals surface area (Å²) in [5, 5.41) is 10.6. The van der Waals surface area contributed by atoms with E-state index in [0.29, 0.717) is 41.8 Å². The molecule has 3 aromatic rings. The highest BCUT2D eigenvalue weighted by molar-refractivity contribution is 6.34. The van der Waals surface area contributed by atoms with Gasteiger partial charge in [0.05, 0.1) is 36.0 Å². The quantitative estimate of drug-likeness (QED) is 0.337. The predicted molar refractivity (Wildman–Crippen MR) is 145 cm³/mol. The number of carbonyl (C=O) groups is 2. The van der Waals surface area contributed by atoms with Crippen LogP contribution in [0.3, 0.4) is 0 Å². The number of aryl methyl sites for hydroxylation is 1. The van der Waals surface area contributed by atoms with E-state index in [9.17, 15) is 9.59 Å². The molecule has 1 heterocycles. The van der Waals surface area contributed by atoms with Crippen molar-refractivity contribution in [2.45, 2.75) is 52.9 Å². The number of benzene rings is 2. The van der Waals surface area contributed by atoms with Crippen molar-refractivity contribution < 1.29 is 19.1 Å². The maximum Gasteiger partial charge on any atom is 0.260 e. The van der Waals surface area contributed by atoms with Gasteiger partial charge in [-0.25, -0.2) is 4.68 Å². The molecule has 37 heavy (non-hydrogen) atoms. The van der Waals surface area contributed by atoms with Crippen LogP contribution in [0.1, 0.15) is 62.0 Å². The lowest BCUT2D eigenvalue weighted by Crippen LogP contribution is -2.25. The molecule has 0 unspecified atom stereocenters. The Bertz CT molecular complexity index is 1250. The van der Waals surface area contributed by atoms with Gasteiger partial charge < -0.3 is 20.1 Å². The fourth-order valence-electron chi connectivity index (χ4n) is 4.59. The van der Waals surface area contributed by atoms with Gasteiger partial charge in [0.25, 0.3) is 5.91 Å². The standard InChI is InChI=1S/C28H33ClN4O4/c1-4-36-23-17-22(24(37-5-2)16-21(23)30-27(34)19-12-8-6-9-13-19)31-28(35)25-18(3)32-33(26(25)29)20-14-10-7-11-15-20/h7,10-11,14-17,19H,4-6,8-9,12-13H2,1-3H3,(H,30,34)(H,31,35). The van der Waals surface area contributed by atoms with Crippen molar-refractivity contribution in [3.63, 3.8) is 0 Å². The summed E-state index contributed by atoms with van der Waals surface area (Å²) in [6, 6.07) is 12.7. The Morgan fingerprint density at radius 3 is 2.16 bits per heavy atom. The molecular weight excluding hydrogens is 492 g/mol. The molecule has 1 aromatic heterocycles. The van der Waals surface area contributed by atoms with E-state index in [1.807, 2.05) is 44.2 Å². The highest BCUT2D eigenvalue weighted by Crippen LogP contribution is 2.38. The lowest BCUT2D eigenvalue weighted by Gasteiger charge is -2.22.